The smallest absolute Gasteiger partial charge is 0.255 e. The van der Waals surface area contributed by atoms with Crippen molar-refractivity contribution in [2.75, 3.05) is 0 Å². The Kier molecular flexibility index (Phi) is 4.50. The van der Waals surface area contributed by atoms with Crippen molar-refractivity contribution >= 4 is 33.2 Å². The second kappa shape index (κ2) is 5.97. The predicted octanol–water partition coefficient (Wildman–Crippen LogP) is 4.32. The third-order valence-electron chi connectivity index (χ3n) is 3.10. The molecule has 2 rings (SSSR count). The maximum absolute atomic E-state index is 12.2. The Hall–Kier alpha value is -1.33. The summed E-state index contributed by atoms with van der Waals surface area (Å²) in [6.45, 7) is 6.05. The molecule has 106 valence electrons. The van der Waals surface area contributed by atoms with E-state index in [1.54, 1.807) is 23.5 Å². The molecule has 0 bridgehead atoms. The largest absolute Gasteiger partial charge is 0.507 e. The number of phenolic OH excluding ortho intramolecular Hbond substituents is 1. The number of benzene rings is 1. The first-order valence-electron chi connectivity index (χ1n) is 6.25. The quantitative estimate of drug-likeness (QED) is 0.862. The first-order valence-corrected chi connectivity index (χ1v) is 7.85. The molecular weight excluding hydrogens is 338 g/mol. The molecule has 2 N–H and O–H groups in total. The van der Waals surface area contributed by atoms with E-state index in [4.69, 9.17) is 0 Å². The Labute approximate surface area is 130 Å². The van der Waals surface area contributed by atoms with Crippen LogP contribution in [-0.2, 0) is 0 Å². The van der Waals surface area contributed by atoms with Gasteiger partial charge in [-0.05, 0) is 50.6 Å². The van der Waals surface area contributed by atoms with Crippen LogP contribution < -0.4 is 5.32 Å². The zero-order valence-corrected chi connectivity index (χ0v) is 13.9. The van der Waals surface area contributed by atoms with Crippen molar-refractivity contribution in [3.05, 3.63) is 49.6 Å². The van der Waals surface area contributed by atoms with Crippen molar-refractivity contribution in [3.63, 3.8) is 0 Å². The van der Waals surface area contributed by atoms with Gasteiger partial charge < -0.3 is 10.4 Å². The Morgan fingerprint density at radius 3 is 2.65 bits per heavy atom. The number of amides is 1. The second-order valence-electron chi connectivity index (χ2n) is 4.73. The van der Waals surface area contributed by atoms with Gasteiger partial charge in [-0.1, -0.05) is 15.9 Å². The molecule has 1 unspecified atom stereocenters. The van der Waals surface area contributed by atoms with Crippen LogP contribution in [0.3, 0.4) is 0 Å². The van der Waals surface area contributed by atoms with Crippen molar-refractivity contribution in [1.82, 2.24) is 5.32 Å². The number of halogens is 1. The Morgan fingerprint density at radius 1 is 1.35 bits per heavy atom. The van der Waals surface area contributed by atoms with E-state index < -0.39 is 0 Å². The average molecular weight is 354 g/mol. The van der Waals surface area contributed by atoms with E-state index in [0.717, 1.165) is 10.0 Å². The molecule has 0 saturated heterocycles. The van der Waals surface area contributed by atoms with Crippen LogP contribution in [0.25, 0.3) is 0 Å². The van der Waals surface area contributed by atoms with E-state index in [2.05, 4.69) is 34.2 Å². The van der Waals surface area contributed by atoms with Gasteiger partial charge in [0.2, 0.25) is 0 Å². The van der Waals surface area contributed by atoms with Gasteiger partial charge in [0, 0.05) is 14.2 Å². The van der Waals surface area contributed by atoms with Crippen LogP contribution in [0, 0.1) is 13.8 Å². The van der Waals surface area contributed by atoms with Gasteiger partial charge in [-0.15, -0.1) is 11.3 Å². The van der Waals surface area contributed by atoms with Gasteiger partial charge in [0.05, 0.1) is 11.6 Å². The molecule has 0 fully saturated rings. The van der Waals surface area contributed by atoms with Gasteiger partial charge in [0.1, 0.15) is 5.75 Å². The van der Waals surface area contributed by atoms with Crippen molar-refractivity contribution in [1.29, 1.82) is 0 Å². The summed E-state index contributed by atoms with van der Waals surface area (Å²) in [6, 6.07) is 6.81. The van der Waals surface area contributed by atoms with Crippen molar-refractivity contribution in [2.24, 2.45) is 0 Å². The molecule has 0 aliphatic carbocycles. The lowest BCUT2D eigenvalue weighted by Crippen LogP contribution is -2.26. The van der Waals surface area contributed by atoms with Crippen LogP contribution in [0.5, 0.6) is 5.75 Å². The fraction of sp³-hybridized carbons (Fsp3) is 0.267. The highest BCUT2D eigenvalue weighted by Gasteiger charge is 2.17. The average Bonchev–Trinajstić information content (AvgIpc) is 2.71. The molecule has 5 heteroatoms. The first-order chi connectivity index (χ1) is 9.38. The van der Waals surface area contributed by atoms with E-state index in [1.165, 1.54) is 15.8 Å². The first kappa shape index (κ1) is 15.1. The highest BCUT2D eigenvalue weighted by atomic mass is 79.9. The summed E-state index contributed by atoms with van der Waals surface area (Å²) in [7, 11) is 0. The lowest BCUT2D eigenvalue weighted by molar-refractivity contribution is 0.0937. The number of aryl methyl sites for hydroxylation is 2. The minimum atomic E-state index is -0.278. The molecule has 0 aliphatic heterocycles. The third kappa shape index (κ3) is 3.22. The van der Waals surface area contributed by atoms with Gasteiger partial charge >= 0.3 is 0 Å². The summed E-state index contributed by atoms with van der Waals surface area (Å²) >= 11 is 5.02. The minimum absolute atomic E-state index is 0.0175. The van der Waals surface area contributed by atoms with Crippen LogP contribution in [0.1, 0.15) is 38.6 Å². The van der Waals surface area contributed by atoms with Gasteiger partial charge in [-0.2, -0.15) is 0 Å². The van der Waals surface area contributed by atoms with Crippen LogP contribution in [0.4, 0.5) is 0 Å². The normalized spacial score (nSPS) is 12.2. The molecule has 1 amide bonds. The second-order valence-corrected chi connectivity index (χ2v) is 7.10. The van der Waals surface area contributed by atoms with Gasteiger partial charge in [-0.3, -0.25) is 4.79 Å². The highest BCUT2D eigenvalue weighted by Crippen LogP contribution is 2.27. The van der Waals surface area contributed by atoms with Crippen molar-refractivity contribution in [2.45, 2.75) is 26.8 Å². The van der Waals surface area contributed by atoms with E-state index in [0.29, 0.717) is 0 Å². The number of hydrogen-bond acceptors (Lipinski definition) is 3. The molecule has 1 atom stereocenters. The van der Waals surface area contributed by atoms with E-state index >= 15 is 0 Å². The van der Waals surface area contributed by atoms with E-state index in [-0.39, 0.29) is 23.3 Å². The molecule has 1 aromatic carbocycles. The van der Waals surface area contributed by atoms with Crippen molar-refractivity contribution in [3.8, 4) is 5.75 Å². The molecule has 0 saturated carbocycles. The number of carbonyl (C=O) groups is 1. The zero-order valence-electron chi connectivity index (χ0n) is 11.5. The molecule has 1 aromatic heterocycles. The molecule has 20 heavy (non-hydrogen) atoms. The maximum Gasteiger partial charge on any atom is 0.255 e. The lowest BCUT2D eigenvalue weighted by atomic mass is 10.1. The van der Waals surface area contributed by atoms with Gasteiger partial charge in [-0.25, -0.2) is 0 Å². The van der Waals surface area contributed by atoms with Crippen LogP contribution in [-0.4, -0.2) is 11.0 Å². The molecule has 0 radical (unpaired) electrons. The molecule has 0 aliphatic rings. The Bertz CT molecular complexity index is 651. The summed E-state index contributed by atoms with van der Waals surface area (Å²) in [4.78, 5) is 14.7. The SMILES string of the molecule is Cc1cc(C(C)NC(=O)c2cc(Br)ccc2O)c(C)s1. The van der Waals surface area contributed by atoms with Gasteiger partial charge in [0.25, 0.3) is 5.91 Å². The minimum Gasteiger partial charge on any atom is -0.507 e. The summed E-state index contributed by atoms with van der Waals surface area (Å²) in [5.41, 5.74) is 1.39. The summed E-state index contributed by atoms with van der Waals surface area (Å²) < 4.78 is 0.760. The fourth-order valence-corrected chi connectivity index (χ4v) is 3.51. The van der Waals surface area contributed by atoms with Crippen LogP contribution in [0.2, 0.25) is 0 Å². The molecule has 0 spiro atoms. The summed E-state index contributed by atoms with van der Waals surface area (Å²) in [6.07, 6.45) is 0. The highest BCUT2D eigenvalue weighted by molar-refractivity contribution is 9.10. The molecular formula is C15H16BrNO2S. The number of phenols is 1. The standard InChI is InChI=1S/C15H16BrNO2S/c1-8-6-12(10(3)20-8)9(2)17-15(19)13-7-11(16)4-5-14(13)18/h4-7,9,18H,1-3H3,(H,17,19). The number of thiophene rings is 1. The number of hydrogen-bond donors (Lipinski definition) is 2. The van der Waals surface area contributed by atoms with E-state index in [1.807, 2.05) is 13.8 Å². The Morgan fingerprint density at radius 2 is 2.05 bits per heavy atom. The third-order valence-corrected chi connectivity index (χ3v) is 4.57. The maximum atomic E-state index is 12.2. The lowest BCUT2D eigenvalue weighted by Gasteiger charge is -2.14. The van der Waals surface area contributed by atoms with E-state index in [9.17, 15) is 9.90 Å². The van der Waals surface area contributed by atoms with Crippen molar-refractivity contribution < 1.29 is 9.90 Å². The zero-order chi connectivity index (χ0) is 14.9. The number of aromatic hydroxyl groups is 1. The summed E-state index contributed by atoms with van der Waals surface area (Å²) in [5.74, 6) is -0.296. The fourth-order valence-electron chi connectivity index (χ4n) is 2.12. The summed E-state index contributed by atoms with van der Waals surface area (Å²) in [5, 5.41) is 12.7. The predicted molar refractivity (Wildman–Crippen MR) is 85.5 cm³/mol. The topological polar surface area (TPSA) is 49.3 Å². The van der Waals surface area contributed by atoms with Gasteiger partial charge in [0.15, 0.2) is 0 Å². The number of nitrogens with one attached hydrogen (secondary N) is 1. The number of rotatable bonds is 3. The van der Waals surface area contributed by atoms with Crippen LogP contribution in [0.15, 0.2) is 28.7 Å². The molecule has 3 nitrogen and oxygen atoms in total. The van der Waals surface area contributed by atoms with Crippen LogP contribution >= 0.6 is 27.3 Å². The molecule has 2 aromatic rings. The Balaban J connectivity index is 2.19. The molecule has 1 heterocycles. The number of carbonyl (C=O) groups excluding carboxylic acids is 1. The monoisotopic (exact) mass is 353 g/mol.